The highest BCUT2D eigenvalue weighted by Gasteiger charge is 2.69. The van der Waals surface area contributed by atoms with Crippen molar-refractivity contribution in [3.63, 3.8) is 0 Å². The molecular weight excluding hydrogens is 244 g/mol. The number of fused-ring (bicyclic) bond motifs is 1. The van der Waals surface area contributed by atoms with Crippen LogP contribution in [0.2, 0.25) is 0 Å². The first-order valence-corrected chi connectivity index (χ1v) is 7.05. The predicted octanol–water partition coefficient (Wildman–Crippen LogP) is 1.26. The van der Waals surface area contributed by atoms with E-state index in [-0.39, 0.29) is 23.9 Å². The van der Waals surface area contributed by atoms with E-state index in [9.17, 15) is 15.0 Å². The van der Waals surface area contributed by atoms with Gasteiger partial charge in [-0.2, -0.15) is 0 Å². The van der Waals surface area contributed by atoms with Crippen LogP contribution < -0.4 is 0 Å². The van der Waals surface area contributed by atoms with Gasteiger partial charge in [-0.25, -0.2) is 0 Å². The minimum atomic E-state index is -0.987. The SMILES string of the molecule is C=C1COC(=O)[C@]12C[C@]1(C)C(C)CCC(O)[C@@H]1C2O. The summed E-state index contributed by atoms with van der Waals surface area (Å²) in [5.74, 6) is -0.255. The summed E-state index contributed by atoms with van der Waals surface area (Å²) < 4.78 is 5.11. The topological polar surface area (TPSA) is 66.8 Å². The quantitative estimate of drug-likeness (QED) is 0.512. The number of carbonyl (C=O) groups excluding carboxylic acids is 1. The molecule has 6 atom stereocenters. The van der Waals surface area contributed by atoms with E-state index in [0.29, 0.717) is 24.3 Å². The molecule has 1 spiro atoms. The Morgan fingerprint density at radius 1 is 1.37 bits per heavy atom. The molecule has 0 bridgehead atoms. The number of hydrogen-bond acceptors (Lipinski definition) is 4. The molecular formula is C15H22O4. The maximum absolute atomic E-state index is 12.2. The second kappa shape index (κ2) is 3.83. The van der Waals surface area contributed by atoms with Crippen LogP contribution in [0.3, 0.4) is 0 Å². The van der Waals surface area contributed by atoms with Crippen molar-refractivity contribution in [2.75, 3.05) is 6.61 Å². The third kappa shape index (κ3) is 1.39. The van der Waals surface area contributed by atoms with E-state index in [0.717, 1.165) is 6.42 Å². The smallest absolute Gasteiger partial charge is 0.319 e. The van der Waals surface area contributed by atoms with Gasteiger partial charge in [0.25, 0.3) is 0 Å². The van der Waals surface area contributed by atoms with E-state index < -0.39 is 17.6 Å². The monoisotopic (exact) mass is 266 g/mol. The highest BCUT2D eigenvalue weighted by Crippen LogP contribution is 2.64. The molecule has 2 N–H and O–H groups in total. The van der Waals surface area contributed by atoms with Crippen molar-refractivity contribution in [3.05, 3.63) is 12.2 Å². The van der Waals surface area contributed by atoms with E-state index >= 15 is 0 Å². The second-order valence-corrected chi connectivity index (χ2v) is 6.85. The molecule has 4 heteroatoms. The normalized spacial score (nSPS) is 53.5. The van der Waals surface area contributed by atoms with Gasteiger partial charge in [-0.05, 0) is 36.2 Å². The van der Waals surface area contributed by atoms with E-state index in [1.54, 1.807) is 0 Å². The molecule has 0 aromatic heterocycles. The van der Waals surface area contributed by atoms with Gasteiger partial charge in [-0.1, -0.05) is 20.4 Å². The van der Waals surface area contributed by atoms with Crippen LogP contribution in [0.25, 0.3) is 0 Å². The van der Waals surface area contributed by atoms with Gasteiger partial charge in [-0.15, -0.1) is 0 Å². The third-order valence-electron chi connectivity index (χ3n) is 6.07. The molecule has 0 radical (unpaired) electrons. The van der Waals surface area contributed by atoms with Gasteiger partial charge in [-0.3, -0.25) is 4.79 Å². The number of cyclic esters (lactones) is 1. The van der Waals surface area contributed by atoms with E-state index in [4.69, 9.17) is 4.74 Å². The van der Waals surface area contributed by atoms with Crippen LogP contribution in [-0.4, -0.2) is 35.0 Å². The number of rotatable bonds is 0. The zero-order valence-electron chi connectivity index (χ0n) is 11.6. The molecule has 0 aromatic carbocycles. The third-order valence-corrected chi connectivity index (χ3v) is 6.07. The van der Waals surface area contributed by atoms with Crippen LogP contribution in [0, 0.1) is 22.7 Å². The zero-order valence-corrected chi connectivity index (χ0v) is 11.6. The number of carbonyl (C=O) groups is 1. The maximum Gasteiger partial charge on any atom is 0.319 e. The Balaban J connectivity index is 2.09. The van der Waals surface area contributed by atoms with Crippen molar-refractivity contribution in [2.45, 2.75) is 45.3 Å². The molecule has 4 nitrogen and oxygen atoms in total. The number of ether oxygens (including phenoxy) is 1. The summed E-state index contributed by atoms with van der Waals surface area (Å²) >= 11 is 0. The number of hydrogen-bond donors (Lipinski definition) is 2. The van der Waals surface area contributed by atoms with E-state index in [1.165, 1.54) is 0 Å². The summed E-state index contributed by atoms with van der Waals surface area (Å²) in [5.41, 5.74) is -0.553. The van der Waals surface area contributed by atoms with Crippen LogP contribution in [0.5, 0.6) is 0 Å². The average molecular weight is 266 g/mol. The second-order valence-electron chi connectivity index (χ2n) is 6.85. The summed E-state index contributed by atoms with van der Waals surface area (Å²) in [6.45, 7) is 8.37. The van der Waals surface area contributed by atoms with Crippen LogP contribution in [0.15, 0.2) is 12.2 Å². The van der Waals surface area contributed by atoms with Crippen molar-refractivity contribution in [1.82, 2.24) is 0 Å². The van der Waals surface area contributed by atoms with Crippen LogP contribution in [0.1, 0.15) is 33.1 Å². The van der Waals surface area contributed by atoms with Crippen molar-refractivity contribution >= 4 is 5.97 Å². The Bertz CT molecular complexity index is 427. The summed E-state index contributed by atoms with van der Waals surface area (Å²) in [6, 6.07) is 0. The summed E-state index contributed by atoms with van der Waals surface area (Å²) in [6.07, 6.45) is 0.741. The molecule has 1 saturated heterocycles. The highest BCUT2D eigenvalue weighted by atomic mass is 16.5. The minimum absolute atomic E-state index is 0.198. The zero-order chi connectivity index (χ0) is 14.0. The summed E-state index contributed by atoms with van der Waals surface area (Å²) in [5, 5.41) is 21.1. The Morgan fingerprint density at radius 3 is 2.58 bits per heavy atom. The molecule has 3 aliphatic rings. The van der Waals surface area contributed by atoms with Gasteiger partial charge in [0.15, 0.2) is 0 Å². The van der Waals surface area contributed by atoms with Crippen LogP contribution in [-0.2, 0) is 9.53 Å². The van der Waals surface area contributed by atoms with Gasteiger partial charge in [0, 0.05) is 5.92 Å². The van der Waals surface area contributed by atoms with E-state index in [1.807, 2.05) is 0 Å². The van der Waals surface area contributed by atoms with Crippen molar-refractivity contribution in [3.8, 4) is 0 Å². The molecule has 2 aliphatic carbocycles. The van der Waals surface area contributed by atoms with Crippen molar-refractivity contribution < 1.29 is 19.7 Å². The van der Waals surface area contributed by atoms with Gasteiger partial charge in [0.05, 0.1) is 12.2 Å². The van der Waals surface area contributed by atoms with Gasteiger partial charge < -0.3 is 14.9 Å². The summed E-state index contributed by atoms with van der Waals surface area (Å²) in [4.78, 5) is 12.2. The van der Waals surface area contributed by atoms with Crippen molar-refractivity contribution in [1.29, 1.82) is 0 Å². The summed E-state index contributed by atoms with van der Waals surface area (Å²) in [7, 11) is 0. The van der Waals surface area contributed by atoms with Gasteiger partial charge in [0.1, 0.15) is 12.0 Å². The molecule has 106 valence electrons. The lowest BCUT2D eigenvalue weighted by Crippen LogP contribution is -2.47. The Labute approximate surface area is 113 Å². The standard InChI is InChI=1S/C15H22O4/c1-8-4-5-10(16)11-12(17)15(7-14(8,11)3)9(2)6-19-13(15)18/h8,10-12,16-17H,2,4-7H2,1,3H3/t8?,10?,11-,12?,14-,15-/m1/s1. The molecule has 1 aliphatic heterocycles. The van der Waals surface area contributed by atoms with Crippen LogP contribution >= 0.6 is 0 Å². The molecule has 3 unspecified atom stereocenters. The Morgan fingerprint density at radius 2 is 2.05 bits per heavy atom. The maximum atomic E-state index is 12.2. The van der Waals surface area contributed by atoms with Crippen molar-refractivity contribution in [2.24, 2.45) is 22.7 Å². The minimum Gasteiger partial charge on any atom is -0.460 e. The first kappa shape index (κ1) is 13.1. The fourth-order valence-electron chi connectivity index (χ4n) is 4.65. The first-order valence-electron chi connectivity index (χ1n) is 7.05. The number of esters is 1. The molecule has 19 heavy (non-hydrogen) atoms. The fourth-order valence-corrected chi connectivity index (χ4v) is 4.65. The number of aliphatic hydroxyl groups excluding tert-OH is 2. The lowest BCUT2D eigenvalue weighted by Gasteiger charge is -2.45. The van der Waals surface area contributed by atoms with Gasteiger partial charge >= 0.3 is 5.97 Å². The molecule has 1 heterocycles. The first-order chi connectivity index (χ1) is 8.84. The molecule has 3 fully saturated rings. The average Bonchev–Trinajstić information content (AvgIpc) is 2.77. The van der Waals surface area contributed by atoms with E-state index in [2.05, 4.69) is 20.4 Å². The van der Waals surface area contributed by atoms with Gasteiger partial charge in [0.2, 0.25) is 0 Å². The molecule has 0 amide bonds. The van der Waals surface area contributed by atoms with Crippen LogP contribution in [0.4, 0.5) is 0 Å². The lowest BCUT2D eigenvalue weighted by atomic mass is 9.62. The Kier molecular flexibility index (Phi) is 2.64. The largest absolute Gasteiger partial charge is 0.460 e. The predicted molar refractivity (Wildman–Crippen MR) is 69.2 cm³/mol. The molecule has 0 aromatic rings. The molecule has 3 rings (SSSR count). The Hall–Kier alpha value is -0.870. The molecule has 2 saturated carbocycles. The number of aliphatic hydroxyl groups is 2. The lowest BCUT2D eigenvalue weighted by molar-refractivity contribution is -0.151. The fraction of sp³-hybridized carbons (Fsp3) is 0.800. The highest BCUT2D eigenvalue weighted by molar-refractivity contribution is 5.85.